The molecule has 1 N–H and O–H groups in total. The first-order valence-electron chi connectivity index (χ1n) is 7.39. The van der Waals surface area contributed by atoms with Crippen molar-refractivity contribution in [1.29, 1.82) is 0 Å². The Morgan fingerprint density at radius 3 is 2.76 bits per heavy atom. The highest BCUT2D eigenvalue weighted by atomic mass is 15.4. The zero-order valence-electron chi connectivity index (χ0n) is 11.8. The Kier molecular flexibility index (Phi) is 4.83. The van der Waals surface area contributed by atoms with Gasteiger partial charge in [-0.1, -0.05) is 6.92 Å². The minimum atomic E-state index is 0.687. The summed E-state index contributed by atoms with van der Waals surface area (Å²) in [6.07, 6.45) is 4.86. The van der Waals surface area contributed by atoms with Crippen molar-refractivity contribution in [3.8, 4) is 0 Å². The van der Waals surface area contributed by atoms with E-state index in [1.807, 2.05) is 0 Å². The van der Waals surface area contributed by atoms with E-state index in [4.69, 9.17) is 0 Å². The molecule has 2 atom stereocenters. The monoisotopic (exact) mass is 239 g/mol. The lowest BCUT2D eigenvalue weighted by atomic mass is 10.0. The van der Waals surface area contributed by atoms with E-state index in [2.05, 4.69) is 35.9 Å². The second-order valence-corrected chi connectivity index (χ2v) is 6.11. The fraction of sp³-hybridized carbons (Fsp3) is 1.00. The maximum absolute atomic E-state index is 3.55. The van der Waals surface area contributed by atoms with Crippen LogP contribution in [-0.4, -0.2) is 54.7 Å². The summed E-state index contributed by atoms with van der Waals surface area (Å²) in [5, 5.41) is 3.55. The van der Waals surface area contributed by atoms with E-state index < -0.39 is 0 Å². The number of hydrogen-bond acceptors (Lipinski definition) is 3. The molecule has 3 nitrogen and oxygen atoms in total. The summed E-state index contributed by atoms with van der Waals surface area (Å²) in [5.74, 6) is 0.786. The molecule has 0 bridgehead atoms. The molecule has 3 heteroatoms. The first kappa shape index (κ1) is 13.3. The molecule has 2 fully saturated rings. The molecule has 2 heterocycles. The number of rotatable bonds is 2. The van der Waals surface area contributed by atoms with Crippen LogP contribution in [0, 0.1) is 5.92 Å². The van der Waals surface area contributed by atoms with E-state index in [1.54, 1.807) is 0 Å². The van der Waals surface area contributed by atoms with Crippen LogP contribution in [0.4, 0.5) is 0 Å². The van der Waals surface area contributed by atoms with Gasteiger partial charge < -0.3 is 5.32 Å². The van der Waals surface area contributed by atoms with Gasteiger partial charge in [0.15, 0.2) is 0 Å². The van der Waals surface area contributed by atoms with Crippen LogP contribution in [0.1, 0.15) is 40.0 Å². The van der Waals surface area contributed by atoms with Gasteiger partial charge in [-0.25, -0.2) is 0 Å². The molecule has 0 amide bonds. The molecular formula is C14H29N3. The fourth-order valence-electron chi connectivity index (χ4n) is 3.33. The second kappa shape index (κ2) is 6.17. The summed E-state index contributed by atoms with van der Waals surface area (Å²) in [7, 11) is 0. The highest BCUT2D eigenvalue weighted by Gasteiger charge is 2.30. The first-order valence-corrected chi connectivity index (χ1v) is 7.39. The molecule has 0 aromatic rings. The van der Waals surface area contributed by atoms with Crippen molar-refractivity contribution in [3.63, 3.8) is 0 Å². The third-order valence-electron chi connectivity index (χ3n) is 4.21. The second-order valence-electron chi connectivity index (χ2n) is 6.11. The zero-order chi connectivity index (χ0) is 12.3. The van der Waals surface area contributed by atoms with Gasteiger partial charge in [0, 0.05) is 25.7 Å². The smallest absolute Gasteiger partial charge is 0.0625 e. The molecule has 2 rings (SSSR count). The highest BCUT2D eigenvalue weighted by molar-refractivity contribution is 4.83. The van der Waals surface area contributed by atoms with Gasteiger partial charge in [-0.05, 0) is 52.1 Å². The molecule has 0 aliphatic carbocycles. The summed E-state index contributed by atoms with van der Waals surface area (Å²) in [6, 6.07) is 0.687. The van der Waals surface area contributed by atoms with Gasteiger partial charge in [0.25, 0.3) is 0 Å². The molecule has 2 aliphatic heterocycles. The zero-order valence-corrected chi connectivity index (χ0v) is 11.8. The van der Waals surface area contributed by atoms with Crippen LogP contribution >= 0.6 is 0 Å². The van der Waals surface area contributed by atoms with Crippen LogP contribution in [0.25, 0.3) is 0 Å². The van der Waals surface area contributed by atoms with Crippen LogP contribution < -0.4 is 5.32 Å². The molecule has 17 heavy (non-hydrogen) atoms. The molecule has 0 aromatic heterocycles. The van der Waals surface area contributed by atoms with Crippen LogP contribution in [0.2, 0.25) is 0 Å². The largest absolute Gasteiger partial charge is 0.315 e. The molecule has 2 aliphatic rings. The molecule has 0 aromatic carbocycles. The van der Waals surface area contributed by atoms with E-state index in [9.17, 15) is 0 Å². The SMILES string of the molecule is CC1CNCCN(C2CCCCN2C(C)C)C1. The van der Waals surface area contributed by atoms with Gasteiger partial charge in [-0.2, -0.15) is 0 Å². The van der Waals surface area contributed by atoms with E-state index in [1.165, 1.54) is 45.4 Å². The lowest BCUT2D eigenvalue weighted by Crippen LogP contribution is -2.54. The van der Waals surface area contributed by atoms with Gasteiger partial charge in [-0.3, -0.25) is 9.80 Å². The van der Waals surface area contributed by atoms with Crippen molar-refractivity contribution in [3.05, 3.63) is 0 Å². The summed E-state index contributed by atoms with van der Waals surface area (Å²) in [5.41, 5.74) is 0. The summed E-state index contributed by atoms with van der Waals surface area (Å²) < 4.78 is 0. The van der Waals surface area contributed by atoms with Gasteiger partial charge in [0.05, 0.1) is 6.17 Å². The minimum absolute atomic E-state index is 0.687. The third kappa shape index (κ3) is 3.43. The van der Waals surface area contributed by atoms with Crippen molar-refractivity contribution in [2.45, 2.75) is 52.2 Å². The maximum Gasteiger partial charge on any atom is 0.0625 e. The molecular weight excluding hydrogens is 210 g/mol. The highest BCUT2D eigenvalue weighted by Crippen LogP contribution is 2.23. The molecule has 0 saturated carbocycles. The van der Waals surface area contributed by atoms with Gasteiger partial charge in [-0.15, -0.1) is 0 Å². The van der Waals surface area contributed by atoms with Crippen molar-refractivity contribution in [1.82, 2.24) is 15.1 Å². The Morgan fingerprint density at radius 1 is 1.18 bits per heavy atom. The topological polar surface area (TPSA) is 18.5 Å². The van der Waals surface area contributed by atoms with Crippen molar-refractivity contribution < 1.29 is 0 Å². The fourth-order valence-corrected chi connectivity index (χ4v) is 3.33. The van der Waals surface area contributed by atoms with E-state index in [-0.39, 0.29) is 0 Å². The Bertz CT molecular complexity index is 230. The first-order chi connectivity index (χ1) is 8.18. The number of piperidine rings is 1. The molecule has 0 radical (unpaired) electrons. The molecule has 2 unspecified atom stereocenters. The van der Waals surface area contributed by atoms with E-state index in [0.29, 0.717) is 12.2 Å². The summed E-state index contributed by atoms with van der Waals surface area (Å²) in [4.78, 5) is 5.44. The third-order valence-corrected chi connectivity index (χ3v) is 4.21. The van der Waals surface area contributed by atoms with Gasteiger partial charge in [0.1, 0.15) is 0 Å². The Balaban J connectivity index is 2.01. The maximum atomic E-state index is 3.55. The molecule has 0 spiro atoms. The summed E-state index contributed by atoms with van der Waals surface area (Å²) in [6.45, 7) is 13.2. The average molecular weight is 239 g/mol. The van der Waals surface area contributed by atoms with Crippen LogP contribution in [0.15, 0.2) is 0 Å². The predicted octanol–water partition coefficient (Wildman–Crippen LogP) is 1.75. The average Bonchev–Trinajstić information content (AvgIpc) is 2.54. The van der Waals surface area contributed by atoms with Crippen LogP contribution in [0.3, 0.4) is 0 Å². The number of nitrogens with one attached hydrogen (secondary N) is 1. The molecule has 2 saturated heterocycles. The van der Waals surface area contributed by atoms with Gasteiger partial charge >= 0.3 is 0 Å². The predicted molar refractivity (Wildman–Crippen MR) is 73.1 cm³/mol. The van der Waals surface area contributed by atoms with E-state index >= 15 is 0 Å². The Morgan fingerprint density at radius 2 is 2.00 bits per heavy atom. The normalized spacial score (nSPS) is 33.9. The lowest BCUT2D eigenvalue weighted by Gasteiger charge is -2.45. The lowest BCUT2D eigenvalue weighted by molar-refractivity contribution is -0.00761. The Hall–Kier alpha value is -0.120. The van der Waals surface area contributed by atoms with E-state index in [0.717, 1.165) is 12.5 Å². The number of hydrogen-bond donors (Lipinski definition) is 1. The van der Waals surface area contributed by atoms with Crippen LogP contribution in [-0.2, 0) is 0 Å². The van der Waals surface area contributed by atoms with Crippen molar-refractivity contribution >= 4 is 0 Å². The van der Waals surface area contributed by atoms with Crippen LogP contribution in [0.5, 0.6) is 0 Å². The van der Waals surface area contributed by atoms with Crippen molar-refractivity contribution in [2.24, 2.45) is 5.92 Å². The number of nitrogens with zero attached hydrogens (tertiary/aromatic N) is 2. The minimum Gasteiger partial charge on any atom is -0.315 e. The molecule has 100 valence electrons. The van der Waals surface area contributed by atoms with Crippen molar-refractivity contribution in [2.75, 3.05) is 32.7 Å². The Labute approximate surface area is 107 Å². The number of likely N-dealkylation sites (tertiary alicyclic amines) is 1. The van der Waals surface area contributed by atoms with Gasteiger partial charge in [0.2, 0.25) is 0 Å². The standard InChI is InChI=1S/C14H29N3/c1-12(2)17-8-5-4-6-14(17)16-9-7-15-10-13(3)11-16/h12-15H,4-11H2,1-3H3. The summed E-state index contributed by atoms with van der Waals surface area (Å²) >= 11 is 0. The quantitative estimate of drug-likeness (QED) is 0.792.